The Morgan fingerprint density at radius 2 is 2.20 bits per heavy atom. The zero-order valence-corrected chi connectivity index (χ0v) is 17.5. The van der Waals surface area contributed by atoms with Gasteiger partial charge in [0.05, 0.1) is 17.8 Å². The molecule has 0 unspecified atom stereocenters. The van der Waals surface area contributed by atoms with Crippen molar-refractivity contribution in [1.82, 2.24) is 20.4 Å². The van der Waals surface area contributed by atoms with Crippen LogP contribution in [0, 0.1) is 17.2 Å². The van der Waals surface area contributed by atoms with E-state index < -0.39 is 23.8 Å². The summed E-state index contributed by atoms with van der Waals surface area (Å²) in [6, 6.07) is 6.75. The summed E-state index contributed by atoms with van der Waals surface area (Å²) in [6.07, 6.45) is 4.28. The number of nitriles is 1. The zero-order valence-electron chi connectivity index (χ0n) is 17.5. The quantitative estimate of drug-likeness (QED) is 0.807. The Bertz CT molecular complexity index is 1000. The van der Waals surface area contributed by atoms with E-state index in [-0.39, 0.29) is 17.9 Å². The Hall–Kier alpha value is -3.08. The van der Waals surface area contributed by atoms with Crippen molar-refractivity contribution >= 4 is 22.9 Å². The van der Waals surface area contributed by atoms with Crippen molar-refractivity contribution < 1.29 is 14.3 Å². The van der Waals surface area contributed by atoms with Gasteiger partial charge in [-0.1, -0.05) is 12.1 Å². The largest absolute Gasteiger partial charge is 0.444 e. The number of hydrogen-bond donors (Lipinski definition) is 2. The lowest BCUT2D eigenvalue weighted by Gasteiger charge is -2.35. The number of piperidine rings is 1. The number of ether oxygens (including phenoxy) is 1. The molecule has 1 aromatic heterocycles. The summed E-state index contributed by atoms with van der Waals surface area (Å²) >= 11 is 0. The summed E-state index contributed by atoms with van der Waals surface area (Å²) in [5.74, 6) is -0.162. The molecule has 1 saturated carbocycles. The van der Waals surface area contributed by atoms with E-state index in [4.69, 9.17) is 4.74 Å². The molecule has 30 heavy (non-hydrogen) atoms. The van der Waals surface area contributed by atoms with Gasteiger partial charge < -0.3 is 10.1 Å². The first-order valence-electron chi connectivity index (χ1n) is 10.4. The fourth-order valence-corrected chi connectivity index (χ4v) is 4.64. The normalized spacial score (nSPS) is 23.9. The highest BCUT2D eigenvalue weighted by Gasteiger charge is 2.52. The first-order valence-corrected chi connectivity index (χ1v) is 10.4. The monoisotopic (exact) mass is 409 g/mol. The van der Waals surface area contributed by atoms with E-state index in [9.17, 15) is 14.9 Å². The van der Waals surface area contributed by atoms with Gasteiger partial charge in [-0.2, -0.15) is 10.4 Å². The van der Waals surface area contributed by atoms with Gasteiger partial charge in [-0.15, -0.1) is 0 Å². The Labute approximate surface area is 175 Å². The highest BCUT2D eigenvalue weighted by atomic mass is 16.6. The number of carbonyl (C=O) groups is 2. The van der Waals surface area contributed by atoms with Crippen molar-refractivity contribution in [3.8, 4) is 6.07 Å². The van der Waals surface area contributed by atoms with Crippen LogP contribution >= 0.6 is 0 Å². The highest BCUT2D eigenvalue weighted by molar-refractivity contribution is 5.87. The number of nitrogens with zero attached hydrogens (tertiary/aromatic N) is 3. The van der Waals surface area contributed by atoms with Crippen molar-refractivity contribution in [3.05, 3.63) is 30.0 Å². The second-order valence-electron chi connectivity index (χ2n) is 9.25. The third-order valence-corrected chi connectivity index (χ3v) is 5.88. The molecule has 2 heterocycles. The maximum atomic E-state index is 13.1. The van der Waals surface area contributed by atoms with E-state index >= 15 is 0 Å². The Balaban J connectivity index is 1.46. The predicted octanol–water partition coefficient (Wildman–Crippen LogP) is 2.90. The van der Waals surface area contributed by atoms with Gasteiger partial charge in [0.2, 0.25) is 5.91 Å². The number of aromatic nitrogens is 2. The van der Waals surface area contributed by atoms with Gasteiger partial charge >= 0.3 is 6.09 Å². The van der Waals surface area contributed by atoms with E-state index in [2.05, 4.69) is 21.6 Å². The number of amides is 2. The van der Waals surface area contributed by atoms with Gasteiger partial charge in [-0.3, -0.25) is 14.8 Å². The molecule has 2 bridgehead atoms. The highest BCUT2D eigenvalue weighted by Crippen LogP contribution is 2.43. The average Bonchev–Trinajstić information content (AvgIpc) is 3.40. The summed E-state index contributed by atoms with van der Waals surface area (Å²) in [5.41, 5.74) is 1.19. The number of aromatic amines is 1. The van der Waals surface area contributed by atoms with Crippen LogP contribution in [0.25, 0.3) is 10.9 Å². The van der Waals surface area contributed by atoms with Crippen molar-refractivity contribution in [2.24, 2.45) is 5.92 Å². The number of nitrogens with one attached hydrogen (secondary N) is 2. The predicted molar refractivity (Wildman–Crippen MR) is 110 cm³/mol. The SMILES string of the molecule is CC(C)(C)OC(=O)N1[C@@H]2CC[C@@H](C2)[C@H]1C(=O)N[C@H](C#N)Cc1ccc2cn[nH]c2c1. The zero-order chi connectivity index (χ0) is 21.5. The van der Waals surface area contributed by atoms with E-state index in [0.29, 0.717) is 6.42 Å². The van der Waals surface area contributed by atoms with Gasteiger partial charge in [-0.05, 0) is 57.6 Å². The molecular weight excluding hydrogens is 382 g/mol. The minimum absolute atomic E-state index is 0.0314. The molecule has 2 N–H and O–H groups in total. The lowest BCUT2D eigenvalue weighted by atomic mass is 9.97. The molecule has 158 valence electrons. The Morgan fingerprint density at radius 1 is 1.40 bits per heavy atom. The number of hydrogen-bond acceptors (Lipinski definition) is 5. The smallest absolute Gasteiger partial charge is 0.411 e. The van der Waals surface area contributed by atoms with Crippen LogP contribution in [-0.2, 0) is 16.0 Å². The number of carbonyl (C=O) groups excluding carboxylic acids is 2. The molecule has 2 fully saturated rings. The van der Waals surface area contributed by atoms with Gasteiger partial charge in [0, 0.05) is 17.8 Å². The maximum Gasteiger partial charge on any atom is 0.411 e. The number of benzene rings is 1. The topological polar surface area (TPSA) is 111 Å². The summed E-state index contributed by atoms with van der Waals surface area (Å²) in [4.78, 5) is 27.5. The first-order chi connectivity index (χ1) is 14.2. The molecule has 2 amide bonds. The van der Waals surface area contributed by atoms with Crippen LogP contribution in [0.4, 0.5) is 4.79 Å². The molecule has 1 aromatic carbocycles. The fraction of sp³-hybridized carbons (Fsp3) is 0.545. The van der Waals surface area contributed by atoms with Gasteiger partial charge in [0.25, 0.3) is 0 Å². The van der Waals surface area contributed by atoms with Crippen LogP contribution in [-0.4, -0.2) is 50.8 Å². The van der Waals surface area contributed by atoms with E-state index in [0.717, 1.165) is 35.7 Å². The van der Waals surface area contributed by atoms with Crippen LogP contribution in [0.1, 0.15) is 45.6 Å². The van der Waals surface area contributed by atoms with Crippen LogP contribution in [0.5, 0.6) is 0 Å². The molecule has 1 aliphatic heterocycles. The van der Waals surface area contributed by atoms with E-state index in [1.807, 2.05) is 39.0 Å². The summed E-state index contributed by atoms with van der Waals surface area (Å²) in [5, 5.41) is 20.4. The molecule has 0 radical (unpaired) electrons. The van der Waals surface area contributed by atoms with Crippen molar-refractivity contribution in [2.45, 2.75) is 70.2 Å². The summed E-state index contributed by atoms with van der Waals surface area (Å²) in [6.45, 7) is 5.45. The summed E-state index contributed by atoms with van der Waals surface area (Å²) < 4.78 is 5.55. The Kier molecular flexibility index (Phi) is 5.14. The van der Waals surface area contributed by atoms with Crippen molar-refractivity contribution in [1.29, 1.82) is 5.26 Å². The molecule has 2 aliphatic rings. The van der Waals surface area contributed by atoms with Crippen molar-refractivity contribution in [2.75, 3.05) is 0 Å². The number of H-pyrrole nitrogens is 1. The van der Waals surface area contributed by atoms with Gasteiger partial charge in [0.15, 0.2) is 0 Å². The van der Waals surface area contributed by atoms with E-state index in [1.54, 1.807) is 11.1 Å². The summed E-state index contributed by atoms with van der Waals surface area (Å²) in [7, 11) is 0. The van der Waals surface area contributed by atoms with Crippen LogP contribution < -0.4 is 5.32 Å². The average molecular weight is 409 g/mol. The van der Waals surface area contributed by atoms with Gasteiger partial charge in [-0.25, -0.2) is 4.79 Å². The Morgan fingerprint density at radius 3 is 2.93 bits per heavy atom. The van der Waals surface area contributed by atoms with Gasteiger partial charge in [0.1, 0.15) is 17.7 Å². The van der Waals surface area contributed by atoms with Crippen LogP contribution in [0.15, 0.2) is 24.4 Å². The molecule has 8 nitrogen and oxygen atoms in total. The third-order valence-electron chi connectivity index (χ3n) is 5.88. The van der Waals surface area contributed by atoms with E-state index in [1.165, 1.54) is 0 Å². The molecule has 2 aromatic rings. The minimum Gasteiger partial charge on any atom is -0.444 e. The minimum atomic E-state index is -0.683. The maximum absolute atomic E-state index is 13.1. The lowest BCUT2D eigenvalue weighted by Crippen LogP contribution is -2.55. The lowest BCUT2D eigenvalue weighted by molar-refractivity contribution is -0.128. The second kappa shape index (κ2) is 7.63. The number of likely N-dealkylation sites (tertiary alicyclic amines) is 1. The van der Waals surface area contributed by atoms with Crippen LogP contribution in [0.3, 0.4) is 0 Å². The molecule has 1 saturated heterocycles. The molecule has 8 heteroatoms. The third kappa shape index (κ3) is 3.97. The molecule has 4 rings (SSSR count). The molecule has 0 spiro atoms. The second-order valence-corrected chi connectivity index (χ2v) is 9.25. The van der Waals surface area contributed by atoms with Crippen molar-refractivity contribution in [3.63, 3.8) is 0 Å². The molecule has 1 aliphatic carbocycles. The number of fused-ring (bicyclic) bond motifs is 3. The molecular formula is C22H27N5O3. The standard InChI is InChI=1S/C22H27N5O3/c1-22(2,3)30-21(29)27-17-7-6-14(10-17)19(27)20(28)25-16(11-23)8-13-4-5-15-12-24-26-18(15)9-13/h4-5,9,12,14,16-17,19H,6-8,10H2,1-3H3,(H,24,26)(H,25,28)/t14-,16-,17+,19-/m0/s1. The fourth-order valence-electron chi connectivity index (χ4n) is 4.64. The first kappa shape index (κ1) is 20.2. The molecule has 4 atom stereocenters. The van der Waals surface area contributed by atoms with Crippen LogP contribution in [0.2, 0.25) is 0 Å². The number of rotatable bonds is 4.